The van der Waals surface area contributed by atoms with Crippen molar-refractivity contribution in [1.29, 1.82) is 0 Å². The summed E-state index contributed by atoms with van der Waals surface area (Å²) in [7, 11) is 0. The van der Waals surface area contributed by atoms with E-state index in [0.29, 0.717) is 0 Å². The minimum absolute atomic E-state index is 0. The monoisotopic (exact) mass is 66.1 g/mol. The zero-order valence-electron chi connectivity index (χ0n) is 4.00. The van der Waals surface area contributed by atoms with Crippen molar-refractivity contribution < 1.29 is 18.9 Å². The Kier molecular flexibility index (Phi) is 19.9. The molecule has 0 aromatic rings. The molecule has 0 fully saturated rings. The smallest absolute Gasteiger partial charge is 0.210 e. The van der Waals surface area contributed by atoms with Crippen molar-refractivity contribution in [3.05, 3.63) is 0 Å². The summed E-state index contributed by atoms with van der Waals surface area (Å²) >= 11 is 0.0833. The fraction of sp³-hybridized carbons (Fsp3) is 1.00. The summed E-state index contributed by atoms with van der Waals surface area (Å²) in [5.41, 5.74) is 0. The molecule has 0 spiro atoms. The molecular formula is C2H8AlLi. The molecule has 0 saturated carbocycles. The molecule has 0 atom stereocenters. The molecule has 0 bridgehead atoms. The Balaban J connectivity index is 0. The van der Waals surface area contributed by atoms with E-state index in [1.165, 1.54) is 0 Å². The average Bonchev–Trinajstić information content (AvgIpc) is 0.918. The van der Waals surface area contributed by atoms with Gasteiger partial charge in [0.1, 0.15) is 0 Å². The first-order valence-electron chi connectivity index (χ1n) is 2.00. The van der Waals surface area contributed by atoms with Crippen LogP contribution in [0.2, 0.25) is 11.6 Å². The molecule has 4 heavy (non-hydrogen) atoms. The van der Waals surface area contributed by atoms with Crippen LogP contribution in [0, 0.1) is 0 Å². The summed E-state index contributed by atoms with van der Waals surface area (Å²) in [6.45, 7) is 0. The molecule has 0 radical (unpaired) electrons. The number of hydrogen-bond donors (Lipinski definition) is 0. The SMILES string of the molecule is [CH3][AlH2-][CH3].[Li+]. The van der Waals surface area contributed by atoms with Crippen LogP contribution in [0.25, 0.3) is 0 Å². The zero-order chi connectivity index (χ0) is 2.71. The van der Waals surface area contributed by atoms with E-state index in [1.807, 2.05) is 0 Å². The summed E-state index contributed by atoms with van der Waals surface area (Å²) in [6, 6.07) is 0. The molecule has 0 aromatic carbocycles. The predicted octanol–water partition coefficient (Wildman–Crippen LogP) is -2.74. The van der Waals surface area contributed by atoms with E-state index in [4.69, 9.17) is 0 Å². The summed E-state index contributed by atoms with van der Waals surface area (Å²) in [4.78, 5) is 0. The molecule has 0 rings (SSSR count). The Morgan fingerprint density at radius 3 is 1.25 bits per heavy atom. The van der Waals surface area contributed by atoms with Crippen LogP contribution in [0.15, 0.2) is 0 Å². The summed E-state index contributed by atoms with van der Waals surface area (Å²) in [5, 5.41) is 0. The van der Waals surface area contributed by atoms with Gasteiger partial charge in [-0.15, -0.1) is 0 Å². The summed E-state index contributed by atoms with van der Waals surface area (Å²) < 4.78 is 0. The van der Waals surface area contributed by atoms with E-state index in [-0.39, 0.29) is 34.1 Å². The van der Waals surface area contributed by atoms with E-state index in [1.54, 1.807) is 0 Å². The first-order chi connectivity index (χ1) is 1.41. The normalized spacial score (nSPS) is 4.50. The van der Waals surface area contributed by atoms with E-state index >= 15 is 0 Å². The van der Waals surface area contributed by atoms with Crippen molar-refractivity contribution >= 4 is 15.2 Å². The van der Waals surface area contributed by atoms with Crippen molar-refractivity contribution in [2.24, 2.45) is 0 Å². The van der Waals surface area contributed by atoms with Gasteiger partial charge in [0, 0.05) is 0 Å². The standard InChI is InChI=1S/2CH3.Al.Li.2H/h2*1H3;;;;/q;;-1;+1;;. The fourth-order valence-electron chi connectivity index (χ4n) is 0. The maximum atomic E-state index is 2.32. The Morgan fingerprint density at radius 1 is 1.25 bits per heavy atom. The van der Waals surface area contributed by atoms with Gasteiger partial charge in [-0.25, -0.2) is 11.6 Å². The molecule has 0 aliphatic carbocycles. The van der Waals surface area contributed by atoms with Gasteiger partial charge in [0.15, 0.2) is 0 Å². The minimum atomic E-state index is 0. The Bertz CT molecular complexity index is 6.00. The summed E-state index contributed by atoms with van der Waals surface area (Å²) in [6.07, 6.45) is 0. The number of rotatable bonds is 0. The summed E-state index contributed by atoms with van der Waals surface area (Å²) in [5.74, 6) is 4.64. The molecule has 0 amide bonds. The molecule has 20 valence electrons. The van der Waals surface area contributed by atoms with Gasteiger partial charge in [0.25, 0.3) is 0 Å². The third-order valence-electron chi connectivity index (χ3n) is 0. The van der Waals surface area contributed by atoms with Crippen LogP contribution in [0.1, 0.15) is 0 Å². The zero-order valence-corrected chi connectivity index (χ0v) is 6.00. The second kappa shape index (κ2) is 8.92. The van der Waals surface area contributed by atoms with E-state index < -0.39 is 0 Å². The molecule has 0 aliphatic heterocycles. The van der Waals surface area contributed by atoms with Crippen LogP contribution in [0.5, 0.6) is 0 Å². The van der Waals surface area contributed by atoms with E-state index in [9.17, 15) is 0 Å². The third-order valence-corrected chi connectivity index (χ3v) is 0. The second-order valence-electron chi connectivity index (χ2n) is 1.00. The van der Waals surface area contributed by atoms with E-state index in [2.05, 4.69) is 11.6 Å². The quantitative estimate of drug-likeness (QED) is 0.269. The van der Waals surface area contributed by atoms with Crippen LogP contribution in [0.3, 0.4) is 0 Å². The van der Waals surface area contributed by atoms with Crippen LogP contribution >= 0.6 is 0 Å². The molecule has 2 heteroatoms. The van der Waals surface area contributed by atoms with Crippen molar-refractivity contribution in [2.75, 3.05) is 0 Å². The Hall–Kier alpha value is 1.13. The van der Waals surface area contributed by atoms with Crippen molar-refractivity contribution in [3.8, 4) is 0 Å². The van der Waals surface area contributed by atoms with Gasteiger partial charge in [-0.2, -0.15) is 0 Å². The fourth-order valence-corrected chi connectivity index (χ4v) is 0. The van der Waals surface area contributed by atoms with Gasteiger partial charge in [0.2, 0.25) is 0 Å². The Labute approximate surface area is 45.9 Å². The maximum Gasteiger partial charge on any atom is 1.00 e. The maximum absolute atomic E-state index is 2.32. The molecule has 0 heterocycles. The third kappa shape index (κ3) is 11.1. The molecule has 0 aliphatic rings. The van der Waals surface area contributed by atoms with Gasteiger partial charge in [-0.05, 0) is 0 Å². The molecular weight excluding hydrogens is 57.9 g/mol. The largest absolute Gasteiger partial charge is 1.00 e. The van der Waals surface area contributed by atoms with Gasteiger partial charge in [-0.3, -0.25) is 0 Å². The van der Waals surface area contributed by atoms with Crippen molar-refractivity contribution in [2.45, 2.75) is 11.6 Å². The first kappa shape index (κ1) is 8.93. The molecule has 0 unspecified atom stereocenters. The first-order valence-corrected chi connectivity index (χ1v) is 6.00. The average molecular weight is 66.0 g/mol. The van der Waals surface area contributed by atoms with E-state index in [0.717, 1.165) is 0 Å². The van der Waals surface area contributed by atoms with Crippen molar-refractivity contribution in [3.63, 3.8) is 0 Å². The second-order valence-corrected chi connectivity index (χ2v) is 3.00. The van der Waals surface area contributed by atoms with Gasteiger partial charge in [0.05, 0.1) is 15.2 Å². The minimum Gasteiger partial charge on any atom is -0.210 e. The molecule has 0 aromatic heterocycles. The predicted molar refractivity (Wildman–Crippen MR) is 20.3 cm³/mol. The molecule has 0 nitrogen and oxygen atoms in total. The van der Waals surface area contributed by atoms with Crippen LogP contribution in [-0.4, -0.2) is 15.2 Å². The topological polar surface area (TPSA) is 0 Å². The van der Waals surface area contributed by atoms with Gasteiger partial charge >= 0.3 is 18.9 Å². The molecule has 0 N–H and O–H groups in total. The van der Waals surface area contributed by atoms with Gasteiger partial charge < -0.3 is 0 Å². The Morgan fingerprint density at radius 2 is 1.25 bits per heavy atom. The van der Waals surface area contributed by atoms with Gasteiger partial charge in [-0.1, -0.05) is 0 Å². The van der Waals surface area contributed by atoms with Crippen LogP contribution in [0.4, 0.5) is 0 Å². The van der Waals surface area contributed by atoms with Crippen LogP contribution in [-0.2, 0) is 0 Å². The van der Waals surface area contributed by atoms with Crippen molar-refractivity contribution in [1.82, 2.24) is 0 Å². The number of hydrogen-bond acceptors (Lipinski definition) is 0. The molecule has 0 saturated heterocycles. The van der Waals surface area contributed by atoms with Crippen LogP contribution < -0.4 is 18.9 Å².